The first-order valence-electron chi connectivity index (χ1n) is 12.6. The quantitative estimate of drug-likeness (QED) is 0.244. The summed E-state index contributed by atoms with van der Waals surface area (Å²) in [6.45, 7) is 1.75. The molecule has 41 heavy (non-hydrogen) atoms. The summed E-state index contributed by atoms with van der Waals surface area (Å²) in [5.41, 5.74) is 2.02. The van der Waals surface area contributed by atoms with Gasteiger partial charge in [0.15, 0.2) is 5.11 Å². The number of benzene rings is 3. The number of nitrogens with one attached hydrogen (secondary N) is 1. The van der Waals surface area contributed by atoms with Crippen molar-refractivity contribution in [3.63, 3.8) is 0 Å². The van der Waals surface area contributed by atoms with Crippen LogP contribution < -0.4 is 25.7 Å². The lowest BCUT2D eigenvalue weighted by Crippen LogP contribution is -2.45. The molecule has 0 radical (unpaired) electrons. The van der Waals surface area contributed by atoms with Crippen molar-refractivity contribution in [3.8, 4) is 0 Å². The van der Waals surface area contributed by atoms with Gasteiger partial charge in [0.05, 0.1) is 17.0 Å². The van der Waals surface area contributed by atoms with Crippen molar-refractivity contribution >= 4 is 50.5 Å². The molecule has 0 aliphatic carbocycles. The van der Waals surface area contributed by atoms with E-state index in [4.69, 9.17) is 16.7 Å². The van der Waals surface area contributed by atoms with Crippen molar-refractivity contribution in [2.24, 2.45) is 11.4 Å². The van der Waals surface area contributed by atoms with Gasteiger partial charge in [-0.15, -0.1) is 4.40 Å². The normalized spacial score (nSPS) is 16.0. The lowest BCUT2D eigenvalue weighted by molar-refractivity contribution is -0.752. The van der Waals surface area contributed by atoms with E-state index in [0.717, 1.165) is 5.56 Å². The van der Waals surface area contributed by atoms with Crippen LogP contribution in [0, 0.1) is 6.92 Å². The zero-order chi connectivity index (χ0) is 29.1. The van der Waals surface area contributed by atoms with Crippen LogP contribution >= 0.6 is 12.2 Å². The molecular weight excluding hydrogens is 564 g/mol. The van der Waals surface area contributed by atoms with Crippen molar-refractivity contribution in [3.05, 3.63) is 102 Å². The predicted octanol–water partition coefficient (Wildman–Crippen LogP) is 2.19. The maximum Gasteiger partial charge on any atom is 0.289 e. The van der Waals surface area contributed by atoms with Gasteiger partial charge in [-0.05, 0) is 55.5 Å². The molecule has 1 aliphatic rings. The number of carbonyl (C=O) groups is 2. The third-order valence-electron chi connectivity index (χ3n) is 6.50. The maximum atomic E-state index is 13.7. The Morgan fingerprint density at radius 2 is 1.68 bits per heavy atom. The largest absolute Gasteiger partial charge is 0.486 e. The monoisotopic (exact) mass is 590 g/mol. The zero-order valence-electron chi connectivity index (χ0n) is 22.2. The molecule has 1 unspecified atom stereocenters. The molecule has 210 valence electrons. The third kappa shape index (κ3) is 5.95. The van der Waals surface area contributed by atoms with E-state index in [9.17, 15) is 18.0 Å². The highest BCUT2D eigenvalue weighted by Crippen LogP contribution is 2.28. The van der Waals surface area contributed by atoms with Crippen LogP contribution in [-0.2, 0) is 33.2 Å². The molecule has 1 fully saturated rings. The molecule has 0 saturated carbocycles. The Morgan fingerprint density at radius 1 is 1.05 bits per heavy atom. The fourth-order valence-electron chi connectivity index (χ4n) is 4.35. The molecule has 2 amide bonds. The van der Waals surface area contributed by atoms with Gasteiger partial charge in [0.1, 0.15) is 19.6 Å². The topological polar surface area (TPSA) is 130 Å². The zero-order valence-corrected chi connectivity index (χ0v) is 23.8. The Balaban J connectivity index is 1.50. The van der Waals surface area contributed by atoms with Crippen LogP contribution in [0.15, 0.2) is 98.7 Å². The first-order valence-corrected chi connectivity index (χ1v) is 14.4. The lowest BCUT2D eigenvalue weighted by atomic mass is 10.1. The molecular formula is C28H26N6O5S2. The van der Waals surface area contributed by atoms with Gasteiger partial charge < -0.3 is 14.7 Å². The summed E-state index contributed by atoms with van der Waals surface area (Å²) in [5.74, 6) is -0.784. The van der Waals surface area contributed by atoms with E-state index in [1.54, 1.807) is 72.6 Å². The summed E-state index contributed by atoms with van der Waals surface area (Å²) in [5, 5.41) is 6.80. The second kappa shape index (κ2) is 11.5. The highest BCUT2D eigenvalue weighted by atomic mass is 32.2. The van der Waals surface area contributed by atoms with Gasteiger partial charge in [0.2, 0.25) is 5.91 Å². The molecule has 5 rings (SSSR count). The molecule has 3 aromatic carbocycles. The van der Waals surface area contributed by atoms with E-state index in [2.05, 4.69) is 15.0 Å². The molecule has 0 bridgehead atoms. The van der Waals surface area contributed by atoms with Crippen LogP contribution in [-0.4, -0.2) is 36.3 Å². The second-order valence-electron chi connectivity index (χ2n) is 9.38. The summed E-state index contributed by atoms with van der Waals surface area (Å²) in [7, 11) is -2.57. The molecule has 4 aromatic rings. The second-order valence-corrected chi connectivity index (χ2v) is 11.4. The highest BCUT2D eigenvalue weighted by Gasteiger charge is 2.45. The molecule has 13 heteroatoms. The summed E-state index contributed by atoms with van der Waals surface area (Å²) in [6.07, 6.45) is -0.208. The van der Waals surface area contributed by atoms with Crippen LogP contribution in [0.25, 0.3) is 0 Å². The van der Waals surface area contributed by atoms with Gasteiger partial charge in [0, 0.05) is 5.69 Å². The van der Waals surface area contributed by atoms with Crippen molar-refractivity contribution in [2.45, 2.75) is 30.8 Å². The predicted molar refractivity (Wildman–Crippen MR) is 153 cm³/mol. The van der Waals surface area contributed by atoms with Crippen molar-refractivity contribution < 1.29 is 27.2 Å². The Morgan fingerprint density at radius 3 is 2.34 bits per heavy atom. The first-order chi connectivity index (χ1) is 19.6. The Bertz CT molecular complexity index is 1770. The summed E-state index contributed by atoms with van der Waals surface area (Å²) in [4.78, 5) is 29.6. The molecule has 1 N–H and O–H groups in total. The molecule has 1 atom stereocenters. The van der Waals surface area contributed by atoms with Gasteiger partial charge in [-0.3, -0.25) is 19.8 Å². The number of amides is 2. The Kier molecular flexibility index (Phi) is 7.81. The van der Waals surface area contributed by atoms with E-state index in [0.29, 0.717) is 11.4 Å². The van der Waals surface area contributed by atoms with E-state index in [1.165, 1.54) is 21.7 Å². The smallest absolute Gasteiger partial charge is 0.289 e. The average molecular weight is 591 g/mol. The molecule has 0 spiro atoms. The van der Waals surface area contributed by atoms with Crippen molar-refractivity contribution in [1.82, 2.24) is 10.2 Å². The molecule has 1 saturated heterocycles. The minimum absolute atomic E-state index is 0.00862. The fraction of sp³-hybridized carbons (Fsp3) is 0.179. The number of hydrogen-bond acceptors (Lipinski definition) is 6. The number of aryl methyl sites for hydroxylation is 2. The number of thiocarbonyl (C=S) groups is 1. The molecule has 1 aliphatic heterocycles. The number of aromatic nitrogens is 2. The van der Waals surface area contributed by atoms with Gasteiger partial charge >= 0.3 is 0 Å². The van der Waals surface area contributed by atoms with E-state index in [1.807, 2.05) is 19.1 Å². The number of carbonyl (C=O) groups excluding carboxylic acids is 2. The number of para-hydroxylation sites is 2. The third-order valence-corrected chi connectivity index (χ3v) is 8.19. The number of sulfonamides is 1. The van der Waals surface area contributed by atoms with Crippen LogP contribution in [0.4, 0.5) is 11.4 Å². The molecule has 11 nitrogen and oxygen atoms in total. The van der Waals surface area contributed by atoms with Crippen LogP contribution in [0.3, 0.4) is 0 Å². The minimum atomic E-state index is -4.13. The SMILES string of the molecule is Cc1ccc(S(=O)(=O)/N=c2\o[n-][n+](C)c2CN2C(=S)N(c3ccccc3)C(=O)C2CC(=O)Nc2ccccc2)cc1. The van der Waals surface area contributed by atoms with Gasteiger partial charge in [-0.1, -0.05) is 54.1 Å². The molecule has 1 aromatic heterocycles. The van der Waals surface area contributed by atoms with Crippen LogP contribution in [0.2, 0.25) is 0 Å². The maximum absolute atomic E-state index is 13.7. The Labute approximate surface area is 241 Å². The first kappa shape index (κ1) is 27.9. The number of hydrogen-bond donors (Lipinski definition) is 1. The van der Waals surface area contributed by atoms with E-state index < -0.39 is 22.0 Å². The summed E-state index contributed by atoms with van der Waals surface area (Å²) < 4.78 is 36.5. The average Bonchev–Trinajstić information content (AvgIpc) is 3.40. The minimum Gasteiger partial charge on any atom is -0.486 e. The fourth-order valence-corrected chi connectivity index (χ4v) is 5.68. The van der Waals surface area contributed by atoms with Gasteiger partial charge in [0.25, 0.3) is 27.2 Å². The van der Waals surface area contributed by atoms with Gasteiger partial charge in [-0.2, -0.15) is 8.42 Å². The Hall–Kier alpha value is -4.62. The molecule has 2 heterocycles. The number of anilines is 2. The van der Waals surface area contributed by atoms with Gasteiger partial charge in [-0.25, -0.2) is 4.68 Å². The van der Waals surface area contributed by atoms with Crippen molar-refractivity contribution in [1.29, 1.82) is 0 Å². The highest BCUT2D eigenvalue weighted by molar-refractivity contribution is 7.90. The van der Waals surface area contributed by atoms with Crippen LogP contribution in [0.1, 0.15) is 17.7 Å². The van der Waals surface area contributed by atoms with E-state index in [-0.39, 0.29) is 40.1 Å². The number of rotatable bonds is 8. The summed E-state index contributed by atoms with van der Waals surface area (Å²) >= 11 is 5.73. The summed E-state index contributed by atoms with van der Waals surface area (Å²) in [6, 6.07) is 23.0. The van der Waals surface area contributed by atoms with Crippen LogP contribution in [0.5, 0.6) is 0 Å². The van der Waals surface area contributed by atoms with E-state index >= 15 is 0 Å². The lowest BCUT2D eigenvalue weighted by Gasteiger charge is -2.22. The standard InChI is InChI=1S/C28H26N6O5S2/c1-19-13-15-22(16-14-19)41(37,38)30-26-24(32(2)31-39-26)18-33-23(17-25(35)29-20-9-5-3-6-10-20)27(36)34(28(33)40)21-11-7-4-8-12-21/h3-16,23H,17-18H2,1-2H3,(H,29,35)/b30-26-. The van der Waals surface area contributed by atoms with Crippen molar-refractivity contribution in [2.75, 3.05) is 10.2 Å². The number of nitrogens with zero attached hydrogens (tertiary/aromatic N) is 5.